The number of unbranched alkanes of at least 4 members (excludes halogenated alkanes) is 1. The molecule has 0 bridgehead atoms. The molecular formula is C37H48N4O9. The number of aliphatic hydroxyl groups is 1. The number of benzene rings is 2. The average molecular weight is 693 g/mol. The summed E-state index contributed by atoms with van der Waals surface area (Å²) < 4.78 is 16.1. The molecule has 4 N–H and O–H groups in total. The summed E-state index contributed by atoms with van der Waals surface area (Å²) in [4.78, 5) is 66.3. The summed E-state index contributed by atoms with van der Waals surface area (Å²) in [6.07, 6.45) is 5.46. The van der Waals surface area contributed by atoms with Gasteiger partial charge < -0.3 is 40.2 Å². The number of amides is 4. The summed E-state index contributed by atoms with van der Waals surface area (Å²) in [7, 11) is 0. The lowest BCUT2D eigenvalue weighted by Gasteiger charge is -2.27. The zero-order valence-electron chi connectivity index (χ0n) is 28.3. The van der Waals surface area contributed by atoms with Gasteiger partial charge in [0.25, 0.3) is 0 Å². The Bertz CT molecular complexity index is 1420. The lowest BCUT2D eigenvalue weighted by Crippen LogP contribution is -2.46. The van der Waals surface area contributed by atoms with Gasteiger partial charge >= 0.3 is 18.2 Å². The molecule has 0 radical (unpaired) electrons. The van der Waals surface area contributed by atoms with Gasteiger partial charge in [0.05, 0.1) is 24.6 Å². The number of hydrogen-bond acceptors (Lipinski definition) is 9. The van der Waals surface area contributed by atoms with Gasteiger partial charge in [0.15, 0.2) is 0 Å². The van der Waals surface area contributed by atoms with Crippen molar-refractivity contribution in [3.8, 4) is 0 Å². The molecular weight excluding hydrogens is 644 g/mol. The summed E-state index contributed by atoms with van der Waals surface area (Å²) in [5.41, 5.74) is 1.67. The van der Waals surface area contributed by atoms with E-state index < -0.39 is 36.2 Å². The highest BCUT2D eigenvalue weighted by Gasteiger charge is 2.32. The highest BCUT2D eigenvalue weighted by atomic mass is 16.6. The lowest BCUT2D eigenvalue weighted by molar-refractivity contribution is -0.147. The largest absolute Gasteiger partial charge is 0.462 e. The smallest absolute Gasteiger partial charge is 0.408 e. The lowest BCUT2D eigenvalue weighted by atomic mass is 9.97. The number of nitrogens with one attached hydrogen (secondary N) is 3. The molecule has 13 heteroatoms. The minimum absolute atomic E-state index is 0.0296. The number of carbonyl (C=O) groups is 5. The van der Waals surface area contributed by atoms with Crippen molar-refractivity contribution in [2.24, 2.45) is 5.92 Å². The molecule has 0 aliphatic carbocycles. The van der Waals surface area contributed by atoms with Gasteiger partial charge in [-0.25, -0.2) is 14.4 Å². The Balaban J connectivity index is 1.35. The maximum Gasteiger partial charge on any atom is 0.408 e. The maximum atomic E-state index is 13.5. The second-order valence-electron chi connectivity index (χ2n) is 12.5. The van der Waals surface area contributed by atoms with Gasteiger partial charge in [0.2, 0.25) is 11.8 Å². The van der Waals surface area contributed by atoms with Gasteiger partial charge in [-0.05, 0) is 56.1 Å². The fourth-order valence-electron chi connectivity index (χ4n) is 5.86. The van der Waals surface area contributed by atoms with Crippen LogP contribution in [0.15, 0.2) is 72.8 Å². The van der Waals surface area contributed by atoms with Crippen molar-refractivity contribution >= 4 is 30.0 Å². The van der Waals surface area contributed by atoms with E-state index in [0.717, 1.165) is 17.5 Å². The van der Waals surface area contributed by atoms with Crippen molar-refractivity contribution < 1.29 is 43.3 Å². The standard InChI is InChI=1S/C37H48N4O9/c42-23-31-18-11-21-41(31)33(43)22-29-16-7-8-19-32(40-37(47)50-25-28-14-5-2-6-15-28)35(45)48-26-30(39-34(29)44)17-9-10-20-38-36(46)49-24-27-12-3-1-4-13-27/h1-8,12-15,29-32,42H,9-11,16-26H2,(H,38,46)(H,39,44)(H,40,47)/t29-,30+,31+,32-/m1/s1. The number of allylic oxidation sites excluding steroid dienone is 1. The Hall–Kier alpha value is -4.91. The molecule has 0 saturated carbocycles. The quantitative estimate of drug-likeness (QED) is 0.106. The summed E-state index contributed by atoms with van der Waals surface area (Å²) in [6, 6.07) is 16.6. The van der Waals surface area contributed by atoms with E-state index >= 15 is 0 Å². The third-order valence-electron chi connectivity index (χ3n) is 8.68. The second kappa shape index (κ2) is 20.6. The zero-order valence-corrected chi connectivity index (χ0v) is 28.3. The fraction of sp³-hybridized carbons (Fsp3) is 0.486. The molecule has 2 heterocycles. The average Bonchev–Trinajstić information content (AvgIpc) is 3.62. The van der Waals surface area contributed by atoms with Crippen LogP contribution in [-0.4, -0.2) is 84.4 Å². The summed E-state index contributed by atoms with van der Waals surface area (Å²) >= 11 is 0. The van der Waals surface area contributed by atoms with E-state index in [2.05, 4.69) is 16.0 Å². The molecule has 2 aromatic rings. The van der Waals surface area contributed by atoms with Crippen LogP contribution in [0.25, 0.3) is 0 Å². The number of hydrogen-bond donors (Lipinski definition) is 4. The number of ether oxygens (including phenoxy) is 3. The molecule has 1 fully saturated rings. The van der Waals surface area contributed by atoms with Gasteiger partial charge in [-0.15, -0.1) is 0 Å². The van der Waals surface area contributed by atoms with Gasteiger partial charge in [-0.2, -0.15) is 0 Å². The number of likely N-dealkylation sites (tertiary alicyclic amines) is 1. The Kier molecular flexibility index (Phi) is 15.6. The molecule has 0 spiro atoms. The number of cyclic esters (lactones) is 1. The predicted octanol–water partition coefficient (Wildman–Crippen LogP) is 3.75. The predicted molar refractivity (Wildman–Crippen MR) is 183 cm³/mol. The maximum absolute atomic E-state index is 13.5. The van der Waals surface area contributed by atoms with Crippen molar-refractivity contribution in [1.82, 2.24) is 20.9 Å². The molecule has 0 unspecified atom stereocenters. The van der Waals surface area contributed by atoms with Crippen molar-refractivity contribution in [3.63, 3.8) is 0 Å². The monoisotopic (exact) mass is 692 g/mol. The number of aliphatic hydroxyl groups excluding tert-OH is 1. The van der Waals surface area contributed by atoms with Crippen LogP contribution < -0.4 is 16.0 Å². The van der Waals surface area contributed by atoms with E-state index in [0.29, 0.717) is 38.8 Å². The first-order valence-corrected chi connectivity index (χ1v) is 17.3. The van der Waals surface area contributed by atoms with Crippen LogP contribution in [0.1, 0.15) is 62.5 Å². The van der Waals surface area contributed by atoms with Gasteiger partial charge in [0.1, 0.15) is 25.9 Å². The van der Waals surface area contributed by atoms with E-state index in [1.165, 1.54) is 0 Å². The van der Waals surface area contributed by atoms with Gasteiger partial charge in [-0.3, -0.25) is 9.59 Å². The number of alkyl carbamates (subject to hydrolysis) is 2. The zero-order chi connectivity index (χ0) is 35.6. The van der Waals surface area contributed by atoms with Crippen LogP contribution in [0, 0.1) is 5.92 Å². The molecule has 270 valence electrons. The van der Waals surface area contributed by atoms with Crippen LogP contribution in [-0.2, 0) is 41.8 Å². The van der Waals surface area contributed by atoms with E-state index in [9.17, 15) is 29.1 Å². The molecule has 4 rings (SSSR count). The van der Waals surface area contributed by atoms with Crippen molar-refractivity contribution in [3.05, 3.63) is 83.9 Å². The molecule has 2 aromatic carbocycles. The third-order valence-corrected chi connectivity index (χ3v) is 8.68. The summed E-state index contributed by atoms with van der Waals surface area (Å²) in [6.45, 7) is 0.782. The highest BCUT2D eigenvalue weighted by molar-refractivity contribution is 5.86. The molecule has 2 aliphatic heterocycles. The van der Waals surface area contributed by atoms with Crippen molar-refractivity contribution in [2.75, 3.05) is 26.3 Å². The first-order chi connectivity index (χ1) is 24.3. The topological polar surface area (TPSA) is 173 Å². The Labute approximate surface area is 292 Å². The third kappa shape index (κ3) is 12.8. The van der Waals surface area contributed by atoms with Gasteiger partial charge in [-0.1, -0.05) is 72.8 Å². The minimum Gasteiger partial charge on any atom is -0.462 e. The number of rotatable bonds is 13. The number of carbonyl (C=O) groups excluding carboxylic acids is 5. The molecule has 50 heavy (non-hydrogen) atoms. The molecule has 4 amide bonds. The molecule has 2 aliphatic rings. The summed E-state index contributed by atoms with van der Waals surface area (Å²) in [5.74, 6) is -1.91. The van der Waals surface area contributed by atoms with Crippen molar-refractivity contribution in [2.45, 2.75) is 82.7 Å². The Morgan fingerprint density at radius 3 is 2.24 bits per heavy atom. The summed E-state index contributed by atoms with van der Waals surface area (Å²) in [5, 5.41) is 18.0. The van der Waals surface area contributed by atoms with E-state index in [1.807, 2.05) is 60.7 Å². The van der Waals surface area contributed by atoms with Crippen LogP contribution in [0.3, 0.4) is 0 Å². The Morgan fingerprint density at radius 1 is 0.900 bits per heavy atom. The highest BCUT2D eigenvalue weighted by Crippen LogP contribution is 2.22. The van der Waals surface area contributed by atoms with Crippen molar-refractivity contribution in [1.29, 1.82) is 0 Å². The van der Waals surface area contributed by atoms with E-state index in [1.54, 1.807) is 17.1 Å². The normalized spacial score (nSPS) is 21.2. The van der Waals surface area contributed by atoms with Crippen LogP contribution in [0.2, 0.25) is 0 Å². The van der Waals surface area contributed by atoms with Gasteiger partial charge in [0, 0.05) is 19.5 Å². The first-order valence-electron chi connectivity index (χ1n) is 17.3. The second-order valence-corrected chi connectivity index (χ2v) is 12.5. The first kappa shape index (κ1) is 37.9. The number of nitrogens with zero attached hydrogens (tertiary/aromatic N) is 1. The van der Waals surface area contributed by atoms with Crippen LogP contribution in [0.5, 0.6) is 0 Å². The SMILES string of the molecule is O=C(NCCCC[C@H]1COC(=O)[C@H](NC(=O)OCc2ccccc2)CC=CC[C@H](CC(=O)N2CCC[C@H]2CO)C(=O)N1)OCc1ccccc1. The molecule has 13 nitrogen and oxygen atoms in total. The number of esters is 1. The fourth-order valence-corrected chi connectivity index (χ4v) is 5.86. The molecule has 4 atom stereocenters. The van der Waals surface area contributed by atoms with E-state index in [4.69, 9.17) is 14.2 Å². The van der Waals surface area contributed by atoms with E-state index in [-0.39, 0.29) is 63.5 Å². The molecule has 1 saturated heterocycles. The van der Waals surface area contributed by atoms with Crippen LogP contribution in [0.4, 0.5) is 9.59 Å². The Morgan fingerprint density at radius 2 is 1.56 bits per heavy atom. The molecule has 0 aromatic heterocycles. The minimum atomic E-state index is -1.04. The van der Waals surface area contributed by atoms with Crippen LogP contribution >= 0.6 is 0 Å².